The third kappa shape index (κ3) is 5.04. The van der Waals surface area contributed by atoms with Gasteiger partial charge < -0.3 is 15.4 Å². The summed E-state index contributed by atoms with van der Waals surface area (Å²) in [5.41, 5.74) is 1.14. The summed E-state index contributed by atoms with van der Waals surface area (Å²) in [7, 11) is 1.44. The van der Waals surface area contributed by atoms with E-state index in [4.69, 9.17) is 39.5 Å². The van der Waals surface area contributed by atoms with Crippen molar-refractivity contribution in [2.45, 2.75) is 19.8 Å². The predicted octanol–water partition coefficient (Wildman–Crippen LogP) is 5.65. The fourth-order valence-corrected chi connectivity index (χ4v) is 3.04. The molecule has 26 heavy (non-hydrogen) atoms. The normalized spacial score (nSPS) is 10.3. The van der Waals surface area contributed by atoms with Gasteiger partial charge in [0.05, 0.1) is 27.9 Å². The average molecular weight is 416 g/mol. The molecule has 138 valence electrons. The van der Waals surface area contributed by atoms with Crippen LogP contribution in [-0.4, -0.2) is 18.9 Å². The van der Waals surface area contributed by atoms with E-state index in [0.29, 0.717) is 28.6 Å². The molecule has 0 atom stereocenters. The number of ether oxygens (including phenoxy) is 1. The first-order valence-electron chi connectivity index (χ1n) is 7.79. The second kappa shape index (κ2) is 9.12. The van der Waals surface area contributed by atoms with E-state index in [1.807, 2.05) is 6.92 Å². The van der Waals surface area contributed by atoms with Crippen molar-refractivity contribution in [3.8, 4) is 5.75 Å². The maximum atomic E-state index is 12.5. The van der Waals surface area contributed by atoms with Crippen molar-refractivity contribution in [3.05, 3.63) is 51.0 Å². The SMILES string of the molecule is CCCC(=O)Nc1ccc(Cl)c(NC(=O)c2cc(Cl)c(OC)c(Cl)c2)c1. The molecule has 0 unspecified atom stereocenters. The van der Waals surface area contributed by atoms with Gasteiger partial charge in [-0.25, -0.2) is 0 Å². The molecule has 0 saturated carbocycles. The van der Waals surface area contributed by atoms with Crippen LogP contribution in [0.15, 0.2) is 30.3 Å². The molecular weight excluding hydrogens is 399 g/mol. The van der Waals surface area contributed by atoms with Crippen LogP contribution in [0, 0.1) is 0 Å². The maximum Gasteiger partial charge on any atom is 0.255 e. The Labute approximate surface area is 166 Å². The van der Waals surface area contributed by atoms with Gasteiger partial charge in [-0.05, 0) is 36.8 Å². The number of methoxy groups -OCH3 is 1. The lowest BCUT2D eigenvalue weighted by Gasteiger charge is -2.12. The summed E-state index contributed by atoms with van der Waals surface area (Å²) in [4.78, 5) is 24.2. The van der Waals surface area contributed by atoms with Gasteiger partial charge in [-0.3, -0.25) is 9.59 Å². The van der Waals surface area contributed by atoms with Crippen molar-refractivity contribution < 1.29 is 14.3 Å². The molecule has 0 aromatic heterocycles. The lowest BCUT2D eigenvalue weighted by atomic mass is 10.2. The zero-order valence-electron chi connectivity index (χ0n) is 14.2. The second-order valence-corrected chi connectivity index (χ2v) is 6.64. The van der Waals surface area contributed by atoms with Gasteiger partial charge in [0.25, 0.3) is 5.91 Å². The van der Waals surface area contributed by atoms with Crippen molar-refractivity contribution in [1.82, 2.24) is 0 Å². The highest BCUT2D eigenvalue weighted by Gasteiger charge is 2.15. The fraction of sp³-hybridized carbons (Fsp3) is 0.222. The Kier molecular flexibility index (Phi) is 7.14. The summed E-state index contributed by atoms with van der Waals surface area (Å²) in [6.45, 7) is 1.91. The quantitative estimate of drug-likeness (QED) is 0.641. The number of nitrogens with one attached hydrogen (secondary N) is 2. The van der Waals surface area contributed by atoms with Crippen LogP contribution in [0.25, 0.3) is 0 Å². The molecule has 2 N–H and O–H groups in total. The number of hydrogen-bond acceptors (Lipinski definition) is 3. The molecule has 0 aliphatic heterocycles. The van der Waals surface area contributed by atoms with E-state index in [2.05, 4.69) is 10.6 Å². The minimum absolute atomic E-state index is 0.110. The third-order valence-electron chi connectivity index (χ3n) is 3.44. The van der Waals surface area contributed by atoms with E-state index in [-0.39, 0.29) is 21.5 Å². The average Bonchev–Trinajstić information content (AvgIpc) is 2.57. The first-order valence-corrected chi connectivity index (χ1v) is 8.92. The molecule has 5 nitrogen and oxygen atoms in total. The minimum atomic E-state index is -0.449. The molecule has 0 spiro atoms. The smallest absolute Gasteiger partial charge is 0.255 e. The highest BCUT2D eigenvalue weighted by Crippen LogP contribution is 2.34. The third-order valence-corrected chi connectivity index (χ3v) is 4.33. The van der Waals surface area contributed by atoms with Gasteiger partial charge >= 0.3 is 0 Å². The number of halogens is 3. The summed E-state index contributed by atoms with van der Waals surface area (Å²) >= 11 is 18.3. The number of benzene rings is 2. The molecule has 2 rings (SSSR count). The number of carbonyl (C=O) groups excluding carboxylic acids is 2. The van der Waals surface area contributed by atoms with Crippen LogP contribution in [0.4, 0.5) is 11.4 Å². The van der Waals surface area contributed by atoms with Gasteiger partial charge in [-0.15, -0.1) is 0 Å². The van der Waals surface area contributed by atoms with Crippen LogP contribution in [0.1, 0.15) is 30.1 Å². The number of amides is 2. The lowest BCUT2D eigenvalue weighted by Crippen LogP contribution is -2.14. The fourth-order valence-electron chi connectivity index (χ4n) is 2.23. The van der Waals surface area contributed by atoms with Crippen molar-refractivity contribution in [1.29, 1.82) is 0 Å². The number of hydrogen-bond donors (Lipinski definition) is 2. The van der Waals surface area contributed by atoms with Gasteiger partial charge in [-0.2, -0.15) is 0 Å². The van der Waals surface area contributed by atoms with Crippen molar-refractivity contribution in [3.63, 3.8) is 0 Å². The molecule has 2 aromatic carbocycles. The van der Waals surface area contributed by atoms with Gasteiger partial charge in [0.1, 0.15) is 0 Å². The zero-order chi connectivity index (χ0) is 19.3. The summed E-state index contributed by atoms with van der Waals surface area (Å²) in [6, 6.07) is 7.73. The molecule has 0 bridgehead atoms. The molecule has 0 heterocycles. The zero-order valence-corrected chi connectivity index (χ0v) is 16.4. The Morgan fingerprint density at radius 3 is 2.23 bits per heavy atom. The number of rotatable bonds is 6. The topological polar surface area (TPSA) is 67.4 Å². The minimum Gasteiger partial charge on any atom is -0.494 e. The number of anilines is 2. The Bertz CT molecular complexity index is 817. The van der Waals surface area contributed by atoms with E-state index in [1.165, 1.54) is 19.2 Å². The van der Waals surface area contributed by atoms with Gasteiger partial charge in [0, 0.05) is 17.7 Å². The van der Waals surface area contributed by atoms with Crippen LogP contribution in [0.5, 0.6) is 5.75 Å². The molecule has 2 amide bonds. The largest absolute Gasteiger partial charge is 0.494 e. The molecule has 0 aliphatic rings. The van der Waals surface area contributed by atoms with Crippen LogP contribution in [-0.2, 0) is 4.79 Å². The molecule has 0 saturated heterocycles. The van der Waals surface area contributed by atoms with Crippen molar-refractivity contribution >= 4 is 58.0 Å². The van der Waals surface area contributed by atoms with Gasteiger partial charge in [-0.1, -0.05) is 41.7 Å². The van der Waals surface area contributed by atoms with Crippen LogP contribution in [0.3, 0.4) is 0 Å². The van der Waals surface area contributed by atoms with E-state index in [0.717, 1.165) is 6.42 Å². The van der Waals surface area contributed by atoms with Gasteiger partial charge in [0.2, 0.25) is 5.91 Å². The summed E-state index contributed by atoms with van der Waals surface area (Å²) in [5, 5.41) is 6.20. The molecule has 8 heteroatoms. The Hall–Kier alpha value is -1.95. The van der Waals surface area contributed by atoms with E-state index < -0.39 is 5.91 Å². The second-order valence-electron chi connectivity index (χ2n) is 5.42. The molecular formula is C18H17Cl3N2O3. The molecule has 2 aromatic rings. The monoisotopic (exact) mass is 414 g/mol. The van der Waals surface area contributed by atoms with Crippen molar-refractivity contribution in [2.24, 2.45) is 0 Å². The van der Waals surface area contributed by atoms with E-state index >= 15 is 0 Å². The summed E-state index contributed by atoms with van der Waals surface area (Å²) in [5.74, 6) is -0.264. The number of carbonyl (C=O) groups is 2. The maximum absolute atomic E-state index is 12.5. The Balaban J connectivity index is 2.22. The lowest BCUT2D eigenvalue weighted by molar-refractivity contribution is -0.116. The molecule has 0 radical (unpaired) electrons. The summed E-state index contributed by atoms with van der Waals surface area (Å²) in [6.07, 6.45) is 1.15. The first-order chi connectivity index (χ1) is 12.3. The van der Waals surface area contributed by atoms with Crippen molar-refractivity contribution in [2.75, 3.05) is 17.7 Å². The predicted molar refractivity (Wildman–Crippen MR) is 106 cm³/mol. The first kappa shape index (κ1) is 20.4. The Morgan fingerprint density at radius 1 is 1.00 bits per heavy atom. The van der Waals surface area contributed by atoms with E-state index in [9.17, 15) is 9.59 Å². The highest BCUT2D eigenvalue weighted by atomic mass is 35.5. The van der Waals surface area contributed by atoms with Crippen LogP contribution < -0.4 is 15.4 Å². The van der Waals surface area contributed by atoms with E-state index in [1.54, 1.807) is 18.2 Å². The molecule has 0 aliphatic carbocycles. The molecule has 0 fully saturated rings. The van der Waals surface area contributed by atoms with Crippen LogP contribution >= 0.6 is 34.8 Å². The highest BCUT2D eigenvalue weighted by molar-refractivity contribution is 6.38. The van der Waals surface area contributed by atoms with Crippen LogP contribution in [0.2, 0.25) is 15.1 Å². The van der Waals surface area contributed by atoms with Gasteiger partial charge in [0.15, 0.2) is 5.75 Å². The standard InChI is InChI=1S/C18H17Cl3N2O3/c1-3-4-16(24)22-11-5-6-12(19)15(9-11)23-18(25)10-7-13(20)17(26-2)14(21)8-10/h5-9H,3-4H2,1-2H3,(H,22,24)(H,23,25). The summed E-state index contributed by atoms with van der Waals surface area (Å²) < 4.78 is 5.06. The Morgan fingerprint density at radius 2 is 1.65 bits per heavy atom.